The van der Waals surface area contributed by atoms with Crippen LogP contribution in [0.5, 0.6) is 0 Å². The number of rotatable bonds is 3. The predicted molar refractivity (Wildman–Crippen MR) is 70.7 cm³/mol. The zero-order valence-electron chi connectivity index (χ0n) is 10.5. The van der Waals surface area contributed by atoms with Gasteiger partial charge in [0.25, 0.3) is 0 Å². The molecule has 3 heteroatoms. The molecule has 0 bridgehead atoms. The van der Waals surface area contributed by atoms with Gasteiger partial charge in [-0.3, -0.25) is 0 Å². The molecule has 19 heavy (non-hydrogen) atoms. The summed E-state index contributed by atoms with van der Waals surface area (Å²) in [7, 11) is 0. The summed E-state index contributed by atoms with van der Waals surface area (Å²) in [6.45, 7) is 0.552. The Balaban J connectivity index is 1.69. The summed E-state index contributed by atoms with van der Waals surface area (Å²) in [5.41, 5.74) is 3.47. The molecule has 0 aliphatic heterocycles. The lowest BCUT2D eigenvalue weighted by Crippen LogP contribution is -2.18. The monoisotopic (exact) mass is 259 g/mol. The van der Waals surface area contributed by atoms with E-state index >= 15 is 0 Å². The second-order valence-electron chi connectivity index (χ2n) is 4.92. The third-order valence-electron chi connectivity index (χ3n) is 3.67. The summed E-state index contributed by atoms with van der Waals surface area (Å²) < 4.78 is 26.0. The summed E-state index contributed by atoms with van der Waals surface area (Å²) >= 11 is 0. The van der Waals surface area contributed by atoms with Crippen LogP contribution < -0.4 is 5.32 Å². The molecule has 0 radical (unpaired) electrons. The summed E-state index contributed by atoms with van der Waals surface area (Å²) in [5, 5.41) is 3.41. The standard InChI is InChI=1S/C16H15F2N/c17-14-7-5-11(9-15(14)18)10-19-16-8-6-12-3-1-2-4-13(12)16/h1-5,7,9,16,19H,6,8,10H2. The van der Waals surface area contributed by atoms with E-state index in [1.54, 1.807) is 6.07 Å². The van der Waals surface area contributed by atoms with Crippen molar-refractivity contribution < 1.29 is 8.78 Å². The van der Waals surface area contributed by atoms with Crippen LogP contribution in [0, 0.1) is 11.6 Å². The van der Waals surface area contributed by atoms with Crippen molar-refractivity contribution in [3.05, 3.63) is 70.8 Å². The van der Waals surface area contributed by atoms with Crippen molar-refractivity contribution in [2.45, 2.75) is 25.4 Å². The maximum absolute atomic E-state index is 13.1. The minimum Gasteiger partial charge on any atom is -0.306 e. The zero-order chi connectivity index (χ0) is 13.2. The van der Waals surface area contributed by atoms with Crippen LogP contribution in [0.25, 0.3) is 0 Å². The van der Waals surface area contributed by atoms with Gasteiger partial charge in [-0.15, -0.1) is 0 Å². The van der Waals surface area contributed by atoms with Crippen LogP contribution in [-0.4, -0.2) is 0 Å². The van der Waals surface area contributed by atoms with E-state index in [4.69, 9.17) is 0 Å². The van der Waals surface area contributed by atoms with Crippen molar-refractivity contribution in [2.75, 3.05) is 0 Å². The molecule has 0 saturated heterocycles. The van der Waals surface area contributed by atoms with Crippen molar-refractivity contribution in [3.8, 4) is 0 Å². The predicted octanol–water partition coefficient (Wildman–Crippen LogP) is 3.74. The van der Waals surface area contributed by atoms with Gasteiger partial charge in [-0.1, -0.05) is 30.3 Å². The Morgan fingerprint density at radius 1 is 1.05 bits per heavy atom. The number of aryl methyl sites for hydroxylation is 1. The second-order valence-corrected chi connectivity index (χ2v) is 4.92. The molecule has 1 unspecified atom stereocenters. The van der Waals surface area contributed by atoms with E-state index in [0.29, 0.717) is 12.6 Å². The maximum atomic E-state index is 13.1. The van der Waals surface area contributed by atoms with Gasteiger partial charge >= 0.3 is 0 Å². The number of benzene rings is 2. The smallest absolute Gasteiger partial charge is 0.159 e. The van der Waals surface area contributed by atoms with E-state index in [-0.39, 0.29) is 0 Å². The Morgan fingerprint density at radius 2 is 1.89 bits per heavy atom. The number of hydrogen-bond acceptors (Lipinski definition) is 1. The molecule has 1 nitrogen and oxygen atoms in total. The van der Waals surface area contributed by atoms with Crippen LogP contribution in [0.2, 0.25) is 0 Å². The minimum atomic E-state index is -0.796. The van der Waals surface area contributed by atoms with Crippen molar-refractivity contribution >= 4 is 0 Å². The molecule has 3 rings (SSSR count). The highest BCUT2D eigenvalue weighted by molar-refractivity contribution is 5.34. The number of nitrogens with one attached hydrogen (secondary N) is 1. The van der Waals surface area contributed by atoms with Crippen LogP contribution >= 0.6 is 0 Å². The second kappa shape index (κ2) is 5.10. The Morgan fingerprint density at radius 3 is 2.74 bits per heavy atom. The quantitative estimate of drug-likeness (QED) is 0.885. The maximum Gasteiger partial charge on any atom is 0.159 e. The summed E-state index contributed by atoms with van der Waals surface area (Å²) in [6.07, 6.45) is 2.13. The molecule has 1 N–H and O–H groups in total. The lowest BCUT2D eigenvalue weighted by molar-refractivity contribution is 0.500. The van der Waals surface area contributed by atoms with Gasteiger partial charge in [0.1, 0.15) is 0 Å². The molecule has 1 atom stereocenters. The average molecular weight is 259 g/mol. The van der Waals surface area contributed by atoms with Gasteiger partial charge in [0.05, 0.1) is 0 Å². The molecule has 0 aromatic heterocycles. The minimum absolute atomic E-state index is 0.310. The first-order chi connectivity index (χ1) is 9.24. The molecule has 0 spiro atoms. The molecule has 0 heterocycles. The van der Waals surface area contributed by atoms with E-state index < -0.39 is 11.6 Å². The highest BCUT2D eigenvalue weighted by Crippen LogP contribution is 2.30. The van der Waals surface area contributed by atoms with Crippen molar-refractivity contribution in [1.82, 2.24) is 5.32 Å². The van der Waals surface area contributed by atoms with Gasteiger partial charge in [0, 0.05) is 12.6 Å². The fourth-order valence-corrected chi connectivity index (χ4v) is 2.66. The summed E-state index contributed by atoms with van der Waals surface area (Å²) in [4.78, 5) is 0. The molecule has 0 amide bonds. The lowest BCUT2D eigenvalue weighted by atomic mass is 10.1. The zero-order valence-corrected chi connectivity index (χ0v) is 10.5. The van der Waals surface area contributed by atoms with Gasteiger partial charge in [-0.25, -0.2) is 8.78 Å². The number of fused-ring (bicyclic) bond motifs is 1. The Hall–Kier alpha value is -1.74. The largest absolute Gasteiger partial charge is 0.306 e. The molecule has 2 aromatic rings. The first kappa shape index (κ1) is 12.3. The Labute approximate surface area is 111 Å². The molecular formula is C16H15F2N. The molecule has 98 valence electrons. The number of hydrogen-bond donors (Lipinski definition) is 1. The van der Waals surface area contributed by atoms with Crippen LogP contribution in [0.1, 0.15) is 29.2 Å². The van der Waals surface area contributed by atoms with Gasteiger partial charge in [-0.2, -0.15) is 0 Å². The molecule has 2 aromatic carbocycles. The highest BCUT2D eigenvalue weighted by Gasteiger charge is 2.21. The third kappa shape index (κ3) is 2.51. The molecule has 0 fully saturated rings. The average Bonchev–Trinajstić information content (AvgIpc) is 2.83. The van der Waals surface area contributed by atoms with E-state index in [9.17, 15) is 8.78 Å². The molecule has 0 saturated carbocycles. The van der Waals surface area contributed by atoms with Crippen LogP contribution in [-0.2, 0) is 13.0 Å². The van der Waals surface area contributed by atoms with E-state index in [0.717, 1.165) is 18.4 Å². The van der Waals surface area contributed by atoms with E-state index in [2.05, 4.69) is 23.5 Å². The van der Waals surface area contributed by atoms with Crippen molar-refractivity contribution in [2.24, 2.45) is 0 Å². The fourth-order valence-electron chi connectivity index (χ4n) is 2.66. The topological polar surface area (TPSA) is 12.0 Å². The summed E-state index contributed by atoms with van der Waals surface area (Å²) in [6, 6.07) is 12.7. The Bertz CT molecular complexity index is 595. The summed E-state index contributed by atoms with van der Waals surface area (Å²) in [5.74, 6) is -1.58. The van der Waals surface area contributed by atoms with E-state index in [1.165, 1.54) is 23.3 Å². The first-order valence-corrected chi connectivity index (χ1v) is 6.49. The van der Waals surface area contributed by atoms with Crippen molar-refractivity contribution in [1.29, 1.82) is 0 Å². The Kier molecular flexibility index (Phi) is 3.30. The molecule has 1 aliphatic rings. The van der Waals surface area contributed by atoms with Gasteiger partial charge in [-0.05, 0) is 41.7 Å². The first-order valence-electron chi connectivity index (χ1n) is 6.49. The SMILES string of the molecule is Fc1ccc(CNC2CCc3ccccc32)cc1F. The van der Waals surface area contributed by atoms with Crippen LogP contribution in [0.3, 0.4) is 0 Å². The van der Waals surface area contributed by atoms with Crippen LogP contribution in [0.15, 0.2) is 42.5 Å². The fraction of sp³-hybridized carbons (Fsp3) is 0.250. The molecular weight excluding hydrogens is 244 g/mol. The lowest BCUT2D eigenvalue weighted by Gasteiger charge is -2.14. The van der Waals surface area contributed by atoms with Crippen LogP contribution in [0.4, 0.5) is 8.78 Å². The number of halogens is 2. The highest BCUT2D eigenvalue weighted by atomic mass is 19.2. The normalized spacial score (nSPS) is 17.5. The van der Waals surface area contributed by atoms with Gasteiger partial charge < -0.3 is 5.32 Å². The van der Waals surface area contributed by atoms with Gasteiger partial charge in [0.15, 0.2) is 11.6 Å². The third-order valence-corrected chi connectivity index (χ3v) is 3.67. The molecule has 1 aliphatic carbocycles. The van der Waals surface area contributed by atoms with Gasteiger partial charge in [0.2, 0.25) is 0 Å². The van der Waals surface area contributed by atoms with E-state index in [1.807, 2.05) is 6.07 Å². The van der Waals surface area contributed by atoms with Crippen molar-refractivity contribution in [3.63, 3.8) is 0 Å².